The second kappa shape index (κ2) is 5.61. The van der Waals surface area contributed by atoms with Crippen LogP contribution in [0.4, 0.5) is 0 Å². The molecule has 20 heavy (non-hydrogen) atoms. The molecule has 0 bridgehead atoms. The van der Waals surface area contributed by atoms with Gasteiger partial charge in [0.05, 0.1) is 12.2 Å². The van der Waals surface area contributed by atoms with E-state index in [4.69, 9.17) is 15.9 Å². The van der Waals surface area contributed by atoms with E-state index in [1.807, 2.05) is 42.7 Å². The summed E-state index contributed by atoms with van der Waals surface area (Å²) < 4.78 is 7.22. The third-order valence-corrected chi connectivity index (χ3v) is 2.96. The Balaban J connectivity index is 2.49. The van der Waals surface area contributed by atoms with Crippen LogP contribution in [-0.2, 0) is 0 Å². The van der Waals surface area contributed by atoms with Gasteiger partial charge in [-0.05, 0) is 38.1 Å². The molecule has 0 unspecified atom stereocenters. The zero-order chi connectivity index (χ0) is 14.7. The zero-order valence-corrected chi connectivity index (χ0v) is 11.5. The van der Waals surface area contributed by atoms with E-state index in [-0.39, 0.29) is 16.8 Å². The quantitative estimate of drug-likeness (QED) is 0.657. The molecule has 1 aromatic heterocycles. The van der Waals surface area contributed by atoms with E-state index in [0.717, 1.165) is 17.1 Å². The third kappa shape index (κ3) is 2.71. The number of hydrogen-bond acceptors (Lipinski definition) is 3. The second-order valence-electron chi connectivity index (χ2n) is 4.40. The summed E-state index contributed by atoms with van der Waals surface area (Å²) in [5.74, 6) is 0.566. The van der Waals surface area contributed by atoms with Crippen molar-refractivity contribution < 1.29 is 4.74 Å². The molecule has 0 spiro atoms. The molecule has 0 aliphatic carbocycles. The minimum atomic E-state index is -0.239. The number of aryl methyl sites for hydroxylation is 1. The van der Waals surface area contributed by atoms with Crippen molar-refractivity contribution in [2.24, 2.45) is 5.73 Å². The minimum absolute atomic E-state index is 0.199. The van der Waals surface area contributed by atoms with Gasteiger partial charge in [0.15, 0.2) is 5.43 Å². The number of nitrogens with zero attached hydrogens (tertiary/aromatic N) is 1. The number of hydrogen-bond donors (Lipinski definition) is 2. The van der Waals surface area contributed by atoms with Crippen LogP contribution in [0.15, 0.2) is 41.3 Å². The first-order chi connectivity index (χ1) is 9.52. The maximum absolute atomic E-state index is 11.8. The summed E-state index contributed by atoms with van der Waals surface area (Å²) in [7, 11) is 0. The number of nitrogens with two attached hydrogens (primary N) is 1. The molecule has 0 aliphatic heterocycles. The SMILES string of the molecule is CCOc1ccc(-n2cc(C(=N)N)c(=O)cc2C)cc1. The normalized spacial score (nSPS) is 10.3. The van der Waals surface area contributed by atoms with Gasteiger partial charge in [0.1, 0.15) is 11.6 Å². The van der Waals surface area contributed by atoms with E-state index in [1.165, 1.54) is 6.07 Å². The molecule has 1 heterocycles. The molecule has 5 nitrogen and oxygen atoms in total. The number of aromatic nitrogens is 1. The molecule has 0 aliphatic rings. The lowest BCUT2D eigenvalue weighted by Crippen LogP contribution is -2.23. The third-order valence-electron chi connectivity index (χ3n) is 2.96. The van der Waals surface area contributed by atoms with Crippen molar-refractivity contribution in [3.8, 4) is 11.4 Å². The molecule has 0 fully saturated rings. The van der Waals surface area contributed by atoms with Crippen LogP contribution in [-0.4, -0.2) is 17.0 Å². The Morgan fingerprint density at radius 2 is 2.00 bits per heavy atom. The average Bonchev–Trinajstić information content (AvgIpc) is 2.40. The topological polar surface area (TPSA) is 81.1 Å². The van der Waals surface area contributed by atoms with Gasteiger partial charge in [-0.1, -0.05) is 0 Å². The Labute approximate surface area is 117 Å². The number of nitrogen functional groups attached to an aromatic ring is 1. The molecule has 0 radical (unpaired) electrons. The molecule has 1 aromatic carbocycles. The lowest BCUT2D eigenvalue weighted by Gasteiger charge is -2.13. The average molecular weight is 271 g/mol. The summed E-state index contributed by atoms with van der Waals surface area (Å²) in [5.41, 5.74) is 7.05. The van der Waals surface area contributed by atoms with Crippen LogP contribution in [0.2, 0.25) is 0 Å². The van der Waals surface area contributed by atoms with Crippen molar-refractivity contribution >= 4 is 5.84 Å². The minimum Gasteiger partial charge on any atom is -0.494 e. The van der Waals surface area contributed by atoms with Gasteiger partial charge >= 0.3 is 0 Å². The number of ether oxygens (including phenoxy) is 1. The highest BCUT2D eigenvalue weighted by molar-refractivity contribution is 5.94. The van der Waals surface area contributed by atoms with Crippen LogP contribution in [0.5, 0.6) is 5.75 Å². The van der Waals surface area contributed by atoms with E-state index in [2.05, 4.69) is 0 Å². The highest BCUT2D eigenvalue weighted by Gasteiger charge is 2.08. The van der Waals surface area contributed by atoms with Gasteiger partial charge in [0, 0.05) is 23.6 Å². The van der Waals surface area contributed by atoms with Crippen LogP contribution in [0.1, 0.15) is 18.2 Å². The monoisotopic (exact) mass is 271 g/mol. The standard InChI is InChI=1S/C15H17N3O2/c1-3-20-12-6-4-11(5-7-12)18-9-13(15(16)17)14(19)8-10(18)2/h4-9H,3H2,1-2H3,(H3,16,17). The van der Waals surface area contributed by atoms with Crippen LogP contribution in [0.3, 0.4) is 0 Å². The van der Waals surface area contributed by atoms with Crippen molar-refractivity contribution in [1.82, 2.24) is 4.57 Å². The maximum Gasteiger partial charge on any atom is 0.192 e. The number of amidine groups is 1. The highest BCUT2D eigenvalue weighted by atomic mass is 16.5. The van der Waals surface area contributed by atoms with Gasteiger partial charge in [0.25, 0.3) is 0 Å². The summed E-state index contributed by atoms with van der Waals surface area (Å²) in [5, 5.41) is 7.44. The summed E-state index contributed by atoms with van der Waals surface area (Å²) in [6, 6.07) is 9.00. The summed E-state index contributed by atoms with van der Waals surface area (Å²) in [4.78, 5) is 11.8. The number of pyridine rings is 1. The first-order valence-electron chi connectivity index (χ1n) is 6.34. The molecule has 0 saturated heterocycles. The predicted molar refractivity (Wildman–Crippen MR) is 79.0 cm³/mol. The molecule has 0 amide bonds. The number of nitrogens with one attached hydrogen (secondary N) is 1. The van der Waals surface area contributed by atoms with Gasteiger partial charge in [0.2, 0.25) is 0 Å². The molecule has 2 aromatic rings. The Morgan fingerprint density at radius 1 is 1.35 bits per heavy atom. The Bertz CT molecular complexity index is 687. The van der Waals surface area contributed by atoms with Crippen molar-refractivity contribution in [2.45, 2.75) is 13.8 Å². The molecule has 0 atom stereocenters. The largest absolute Gasteiger partial charge is 0.494 e. The molecular formula is C15H17N3O2. The highest BCUT2D eigenvalue weighted by Crippen LogP contribution is 2.16. The van der Waals surface area contributed by atoms with Crippen LogP contribution >= 0.6 is 0 Å². The fourth-order valence-electron chi connectivity index (χ4n) is 1.98. The van der Waals surface area contributed by atoms with E-state index in [0.29, 0.717) is 6.61 Å². The Hall–Kier alpha value is -2.56. The van der Waals surface area contributed by atoms with Crippen LogP contribution in [0.25, 0.3) is 5.69 Å². The fourth-order valence-corrected chi connectivity index (χ4v) is 1.98. The summed E-state index contributed by atoms with van der Waals surface area (Å²) in [6.45, 7) is 4.38. The second-order valence-corrected chi connectivity index (χ2v) is 4.40. The molecule has 104 valence electrons. The van der Waals surface area contributed by atoms with Gasteiger partial charge in [-0.2, -0.15) is 0 Å². The van der Waals surface area contributed by atoms with E-state index in [9.17, 15) is 4.79 Å². The zero-order valence-electron chi connectivity index (χ0n) is 11.5. The summed E-state index contributed by atoms with van der Waals surface area (Å²) in [6.07, 6.45) is 1.59. The van der Waals surface area contributed by atoms with Gasteiger partial charge in [-0.25, -0.2) is 0 Å². The van der Waals surface area contributed by atoms with E-state index >= 15 is 0 Å². The van der Waals surface area contributed by atoms with Crippen LogP contribution in [0, 0.1) is 12.3 Å². The van der Waals surface area contributed by atoms with Crippen LogP contribution < -0.4 is 15.9 Å². The first-order valence-corrected chi connectivity index (χ1v) is 6.34. The van der Waals surface area contributed by atoms with E-state index in [1.54, 1.807) is 6.20 Å². The van der Waals surface area contributed by atoms with E-state index < -0.39 is 0 Å². The van der Waals surface area contributed by atoms with Gasteiger partial charge in [-0.15, -0.1) is 0 Å². The number of rotatable bonds is 4. The van der Waals surface area contributed by atoms with Gasteiger partial charge < -0.3 is 15.0 Å². The molecule has 0 saturated carbocycles. The Morgan fingerprint density at radius 3 is 2.55 bits per heavy atom. The lowest BCUT2D eigenvalue weighted by molar-refractivity contribution is 0.340. The van der Waals surface area contributed by atoms with Gasteiger partial charge in [-0.3, -0.25) is 10.2 Å². The lowest BCUT2D eigenvalue weighted by atomic mass is 10.2. The van der Waals surface area contributed by atoms with Crippen molar-refractivity contribution in [1.29, 1.82) is 5.41 Å². The molecule has 3 N–H and O–H groups in total. The smallest absolute Gasteiger partial charge is 0.192 e. The van der Waals surface area contributed by atoms with Crippen molar-refractivity contribution in [2.75, 3.05) is 6.61 Å². The summed E-state index contributed by atoms with van der Waals surface area (Å²) >= 11 is 0. The maximum atomic E-state index is 11.8. The molecule has 5 heteroatoms. The fraction of sp³-hybridized carbons (Fsp3) is 0.200. The number of benzene rings is 1. The predicted octanol–water partition coefficient (Wildman–Crippen LogP) is 1.83. The van der Waals surface area contributed by atoms with Crippen molar-refractivity contribution in [3.63, 3.8) is 0 Å². The molecular weight excluding hydrogens is 254 g/mol. The Kier molecular flexibility index (Phi) is 3.89. The first kappa shape index (κ1) is 13.9. The van der Waals surface area contributed by atoms with Crippen molar-refractivity contribution in [3.05, 3.63) is 58.0 Å². The molecule has 2 rings (SSSR count).